The lowest BCUT2D eigenvalue weighted by molar-refractivity contribution is 0.0549. The predicted molar refractivity (Wildman–Crippen MR) is 96.8 cm³/mol. The third-order valence-corrected chi connectivity index (χ3v) is 6.22. The van der Waals surface area contributed by atoms with E-state index in [1.54, 1.807) is 18.2 Å². The van der Waals surface area contributed by atoms with E-state index < -0.39 is 5.54 Å². The van der Waals surface area contributed by atoms with Crippen LogP contribution in [0.2, 0.25) is 0 Å². The Bertz CT molecular complexity index is 925. The summed E-state index contributed by atoms with van der Waals surface area (Å²) in [5.74, 6) is 0.448. The second-order valence-electron chi connectivity index (χ2n) is 7.97. The molecule has 7 heteroatoms. The van der Waals surface area contributed by atoms with Crippen molar-refractivity contribution in [2.24, 2.45) is 5.73 Å². The summed E-state index contributed by atoms with van der Waals surface area (Å²) < 4.78 is 5.39. The van der Waals surface area contributed by atoms with Gasteiger partial charge in [-0.25, -0.2) is 0 Å². The molecule has 2 aromatic rings. The molecule has 2 amide bonds. The van der Waals surface area contributed by atoms with Crippen LogP contribution in [-0.4, -0.2) is 32.9 Å². The Morgan fingerprint density at radius 1 is 1.04 bits per heavy atom. The van der Waals surface area contributed by atoms with Gasteiger partial charge in [0, 0.05) is 11.6 Å². The normalized spacial score (nSPS) is 22.0. The SMILES string of the molecule is NC1(c2noc(-c3ccc4c(c3)C(=O)N(C3CCCCC3)C4=O)n2)CCC1. The third kappa shape index (κ3) is 2.52. The Labute approximate surface area is 156 Å². The second kappa shape index (κ2) is 5.99. The van der Waals surface area contributed by atoms with Gasteiger partial charge in [-0.1, -0.05) is 24.4 Å². The molecule has 7 nitrogen and oxygen atoms in total. The van der Waals surface area contributed by atoms with Gasteiger partial charge in [0.1, 0.15) is 0 Å². The van der Waals surface area contributed by atoms with Gasteiger partial charge in [0.05, 0.1) is 16.7 Å². The average Bonchev–Trinajstić information content (AvgIpc) is 3.25. The number of imide groups is 1. The molecule has 0 atom stereocenters. The van der Waals surface area contributed by atoms with Crippen molar-refractivity contribution < 1.29 is 14.1 Å². The van der Waals surface area contributed by atoms with Gasteiger partial charge in [-0.3, -0.25) is 14.5 Å². The van der Waals surface area contributed by atoms with E-state index in [0.29, 0.717) is 28.4 Å². The Kier molecular flexibility index (Phi) is 3.69. The Balaban J connectivity index is 1.45. The molecule has 3 aliphatic rings. The number of carbonyl (C=O) groups excluding carboxylic acids is 2. The first-order chi connectivity index (χ1) is 13.1. The predicted octanol–water partition coefficient (Wildman–Crippen LogP) is 3.00. The number of fused-ring (bicyclic) bond motifs is 1. The zero-order valence-electron chi connectivity index (χ0n) is 15.1. The molecule has 0 radical (unpaired) electrons. The maximum atomic E-state index is 12.9. The molecular weight excluding hydrogens is 344 g/mol. The van der Waals surface area contributed by atoms with E-state index in [2.05, 4.69) is 10.1 Å². The number of nitrogens with two attached hydrogens (primary N) is 1. The molecule has 2 N–H and O–H groups in total. The van der Waals surface area contributed by atoms with Crippen LogP contribution in [0.1, 0.15) is 77.9 Å². The summed E-state index contributed by atoms with van der Waals surface area (Å²) in [6.07, 6.45) is 7.84. The molecule has 2 aliphatic carbocycles. The lowest BCUT2D eigenvalue weighted by atomic mass is 9.77. The molecule has 1 aliphatic heterocycles. The lowest BCUT2D eigenvalue weighted by Crippen LogP contribution is -2.44. The van der Waals surface area contributed by atoms with Crippen molar-refractivity contribution in [3.63, 3.8) is 0 Å². The van der Waals surface area contributed by atoms with Crippen molar-refractivity contribution in [2.75, 3.05) is 0 Å². The standard InChI is InChI=1S/C20H22N4O3/c21-20(9-4-10-20)19-22-16(27-23-19)12-7-8-14-15(11-12)18(26)24(17(14)25)13-5-2-1-3-6-13/h7-8,11,13H,1-6,9-10,21H2. The topological polar surface area (TPSA) is 102 Å². The van der Waals surface area contributed by atoms with Gasteiger partial charge in [0.25, 0.3) is 17.7 Å². The summed E-state index contributed by atoms with van der Waals surface area (Å²) >= 11 is 0. The van der Waals surface area contributed by atoms with Crippen molar-refractivity contribution in [3.05, 3.63) is 35.2 Å². The van der Waals surface area contributed by atoms with Crippen LogP contribution in [0.25, 0.3) is 11.5 Å². The van der Waals surface area contributed by atoms with Gasteiger partial charge in [-0.2, -0.15) is 4.98 Å². The van der Waals surface area contributed by atoms with Crippen molar-refractivity contribution in [3.8, 4) is 11.5 Å². The van der Waals surface area contributed by atoms with Gasteiger partial charge in [0.15, 0.2) is 5.82 Å². The van der Waals surface area contributed by atoms with Crippen LogP contribution in [0.5, 0.6) is 0 Å². The molecule has 140 valence electrons. The maximum absolute atomic E-state index is 12.9. The molecule has 0 saturated heterocycles. The van der Waals surface area contributed by atoms with E-state index in [9.17, 15) is 9.59 Å². The highest BCUT2D eigenvalue weighted by molar-refractivity contribution is 6.22. The van der Waals surface area contributed by atoms with Crippen LogP contribution in [0, 0.1) is 0 Å². The van der Waals surface area contributed by atoms with Crippen molar-refractivity contribution in [1.29, 1.82) is 0 Å². The molecule has 1 aromatic heterocycles. The summed E-state index contributed by atoms with van der Waals surface area (Å²) in [5.41, 5.74) is 7.29. The zero-order chi connectivity index (χ0) is 18.6. The minimum Gasteiger partial charge on any atom is -0.334 e. The van der Waals surface area contributed by atoms with Gasteiger partial charge < -0.3 is 10.3 Å². The average molecular weight is 366 g/mol. The van der Waals surface area contributed by atoms with Crippen LogP contribution in [0.3, 0.4) is 0 Å². The second-order valence-corrected chi connectivity index (χ2v) is 7.97. The Hall–Kier alpha value is -2.54. The van der Waals surface area contributed by atoms with Gasteiger partial charge in [0.2, 0.25) is 0 Å². The number of amides is 2. The molecule has 0 bridgehead atoms. The van der Waals surface area contributed by atoms with Crippen molar-refractivity contribution >= 4 is 11.8 Å². The number of benzene rings is 1. The van der Waals surface area contributed by atoms with Crippen LogP contribution in [0.15, 0.2) is 22.7 Å². The number of aromatic nitrogens is 2. The minimum atomic E-state index is -0.498. The van der Waals surface area contributed by atoms with Crippen LogP contribution in [-0.2, 0) is 5.54 Å². The van der Waals surface area contributed by atoms with E-state index in [0.717, 1.165) is 44.9 Å². The fourth-order valence-corrected chi connectivity index (χ4v) is 4.39. The molecule has 2 heterocycles. The first-order valence-electron chi connectivity index (χ1n) is 9.72. The summed E-state index contributed by atoms with van der Waals surface area (Å²) in [7, 11) is 0. The highest BCUT2D eigenvalue weighted by Crippen LogP contribution is 2.38. The highest BCUT2D eigenvalue weighted by Gasteiger charge is 2.41. The number of rotatable bonds is 3. The van der Waals surface area contributed by atoms with Gasteiger partial charge in [-0.05, 0) is 50.3 Å². The van der Waals surface area contributed by atoms with E-state index in [1.807, 2.05) is 0 Å². The molecule has 0 unspecified atom stereocenters. The quantitative estimate of drug-likeness (QED) is 0.838. The molecule has 0 spiro atoms. The fourth-order valence-electron chi connectivity index (χ4n) is 4.39. The lowest BCUT2D eigenvalue weighted by Gasteiger charge is -2.34. The van der Waals surface area contributed by atoms with Crippen LogP contribution >= 0.6 is 0 Å². The van der Waals surface area contributed by atoms with Crippen LogP contribution < -0.4 is 5.73 Å². The molecular formula is C20H22N4O3. The monoisotopic (exact) mass is 366 g/mol. The zero-order valence-corrected chi connectivity index (χ0v) is 15.1. The van der Waals surface area contributed by atoms with E-state index in [-0.39, 0.29) is 17.9 Å². The number of nitrogens with zero attached hydrogens (tertiary/aromatic N) is 3. The smallest absolute Gasteiger partial charge is 0.261 e. The number of hydrogen-bond acceptors (Lipinski definition) is 6. The summed E-state index contributed by atoms with van der Waals surface area (Å²) in [6.45, 7) is 0. The van der Waals surface area contributed by atoms with Gasteiger partial charge in [-0.15, -0.1) is 0 Å². The van der Waals surface area contributed by atoms with Gasteiger partial charge >= 0.3 is 0 Å². The molecule has 2 saturated carbocycles. The Morgan fingerprint density at radius 2 is 1.78 bits per heavy atom. The minimum absolute atomic E-state index is 0.0142. The Morgan fingerprint density at radius 3 is 2.48 bits per heavy atom. The number of hydrogen-bond donors (Lipinski definition) is 1. The summed E-state index contributed by atoms with van der Waals surface area (Å²) in [6, 6.07) is 5.16. The van der Waals surface area contributed by atoms with Crippen molar-refractivity contribution in [1.82, 2.24) is 15.0 Å². The molecule has 5 rings (SSSR count). The van der Waals surface area contributed by atoms with E-state index in [4.69, 9.17) is 10.3 Å². The maximum Gasteiger partial charge on any atom is 0.261 e. The van der Waals surface area contributed by atoms with Crippen molar-refractivity contribution in [2.45, 2.75) is 62.9 Å². The van der Waals surface area contributed by atoms with E-state index >= 15 is 0 Å². The summed E-state index contributed by atoms with van der Waals surface area (Å²) in [5, 5.41) is 4.03. The van der Waals surface area contributed by atoms with Crippen LogP contribution in [0.4, 0.5) is 0 Å². The molecule has 2 fully saturated rings. The summed E-state index contributed by atoms with van der Waals surface area (Å²) in [4.78, 5) is 31.6. The van der Waals surface area contributed by atoms with E-state index in [1.165, 1.54) is 11.3 Å². The highest BCUT2D eigenvalue weighted by atomic mass is 16.5. The molecule has 1 aromatic carbocycles. The largest absolute Gasteiger partial charge is 0.334 e. The number of carbonyl (C=O) groups is 2. The molecule has 27 heavy (non-hydrogen) atoms. The first-order valence-corrected chi connectivity index (χ1v) is 9.72. The fraction of sp³-hybridized carbons (Fsp3) is 0.500. The third-order valence-electron chi connectivity index (χ3n) is 6.22. The first kappa shape index (κ1) is 16.6.